The van der Waals surface area contributed by atoms with Crippen LogP contribution < -0.4 is 5.32 Å². The van der Waals surface area contributed by atoms with E-state index in [2.05, 4.69) is 5.32 Å². The molecule has 0 unspecified atom stereocenters. The summed E-state index contributed by atoms with van der Waals surface area (Å²) in [7, 11) is 0. The van der Waals surface area contributed by atoms with Gasteiger partial charge < -0.3 is 5.32 Å². The van der Waals surface area contributed by atoms with Crippen molar-refractivity contribution >= 4 is 63.6 Å². The predicted octanol–water partition coefficient (Wildman–Crippen LogP) is 7.85. The van der Waals surface area contributed by atoms with E-state index in [1.165, 1.54) is 23.9 Å². The first-order chi connectivity index (χ1) is 16.7. The van der Waals surface area contributed by atoms with Gasteiger partial charge in [-0.2, -0.15) is 0 Å². The van der Waals surface area contributed by atoms with Crippen LogP contribution in [0, 0.1) is 26.1 Å². The molecule has 1 heterocycles. The molecule has 1 aliphatic heterocycles. The van der Waals surface area contributed by atoms with E-state index in [1.807, 2.05) is 12.1 Å². The van der Waals surface area contributed by atoms with E-state index in [4.69, 9.17) is 34.8 Å². The van der Waals surface area contributed by atoms with Gasteiger partial charge in [-0.05, 0) is 41.7 Å². The molecule has 1 fully saturated rings. The first-order valence-corrected chi connectivity index (χ1v) is 12.9. The molecule has 2 aliphatic rings. The minimum Gasteiger partial charge on any atom is -0.376 e. The summed E-state index contributed by atoms with van der Waals surface area (Å²) in [5.41, 5.74) is 2.39. The molecule has 0 radical (unpaired) electrons. The quantitative estimate of drug-likeness (QED) is 0.197. The molecule has 0 spiro atoms. The molecule has 3 aromatic carbocycles. The van der Waals surface area contributed by atoms with Crippen molar-refractivity contribution in [3.8, 4) is 0 Å². The highest BCUT2D eigenvalue weighted by atomic mass is 35.5. The fraction of sp³-hybridized carbons (Fsp3) is 0.250. The summed E-state index contributed by atoms with van der Waals surface area (Å²) in [5, 5.41) is 26.9. The maximum Gasteiger partial charge on any atom is 0.282 e. The summed E-state index contributed by atoms with van der Waals surface area (Å²) in [5.74, 6) is -0.199. The summed E-state index contributed by atoms with van der Waals surface area (Å²) in [4.78, 5) is 22.7. The van der Waals surface area contributed by atoms with Crippen molar-refractivity contribution in [3.63, 3.8) is 0 Å². The SMILES string of the molecule is O=[N+]([O-])c1cccc([C@@H]2Nc3c(Cl)cc(Cl)cc3[C@@H]3[C@H](Cl)[C@@H](Sc4ccccc4[N+](=O)[O-])C[C@@H]32)c1. The fourth-order valence-corrected chi connectivity index (χ4v) is 7.68. The third-order valence-electron chi connectivity index (χ3n) is 6.62. The van der Waals surface area contributed by atoms with Gasteiger partial charge in [0.05, 0.1) is 36.9 Å². The maximum absolute atomic E-state index is 11.6. The van der Waals surface area contributed by atoms with Gasteiger partial charge in [-0.15, -0.1) is 23.4 Å². The number of hydrogen-bond acceptors (Lipinski definition) is 6. The van der Waals surface area contributed by atoms with Crippen LogP contribution in [-0.4, -0.2) is 20.5 Å². The number of benzene rings is 3. The Labute approximate surface area is 220 Å². The van der Waals surface area contributed by atoms with Gasteiger partial charge >= 0.3 is 0 Å². The van der Waals surface area contributed by atoms with Crippen LogP contribution >= 0.6 is 46.6 Å². The summed E-state index contributed by atoms with van der Waals surface area (Å²) in [6, 6.07) is 16.4. The fourth-order valence-electron chi connectivity index (χ4n) is 5.18. The zero-order chi connectivity index (χ0) is 24.9. The van der Waals surface area contributed by atoms with Gasteiger partial charge in [-0.25, -0.2) is 0 Å². The van der Waals surface area contributed by atoms with Crippen LogP contribution in [0.2, 0.25) is 10.0 Å². The largest absolute Gasteiger partial charge is 0.376 e. The van der Waals surface area contributed by atoms with Crippen LogP contribution in [0.4, 0.5) is 17.1 Å². The number of hydrogen-bond donors (Lipinski definition) is 1. The Morgan fingerprint density at radius 2 is 1.74 bits per heavy atom. The molecule has 0 amide bonds. The Balaban J connectivity index is 1.58. The van der Waals surface area contributed by atoms with Crippen molar-refractivity contribution in [2.45, 2.75) is 33.9 Å². The summed E-state index contributed by atoms with van der Waals surface area (Å²) < 4.78 is 0. The smallest absolute Gasteiger partial charge is 0.282 e. The average Bonchev–Trinajstić information content (AvgIpc) is 3.15. The first kappa shape index (κ1) is 24.2. The minimum atomic E-state index is -0.420. The van der Waals surface area contributed by atoms with Crippen LogP contribution in [0.15, 0.2) is 65.6 Å². The van der Waals surface area contributed by atoms with E-state index in [9.17, 15) is 20.2 Å². The van der Waals surface area contributed by atoms with E-state index >= 15 is 0 Å². The number of nitrogens with one attached hydrogen (secondary N) is 1. The molecule has 0 aromatic heterocycles. The van der Waals surface area contributed by atoms with E-state index in [-0.39, 0.29) is 39.9 Å². The van der Waals surface area contributed by atoms with Gasteiger partial charge in [0, 0.05) is 34.4 Å². The van der Waals surface area contributed by atoms with Crippen LogP contribution in [0.25, 0.3) is 0 Å². The lowest BCUT2D eigenvalue weighted by Gasteiger charge is -2.38. The third-order valence-corrected chi connectivity index (χ3v) is 9.25. The van der Waals surface area contributed by atoms with Gasteiger partial charge in [-0.3, -0.25) is 20.2 Å². The van der Waals surface area contributed by atoms with Crippen molar-refractivity contribution in [2.75, 3.05) is 5.32 Å². The zero-order valence-corrected chi connectivity index (χ0v) is 21.0. The molecule has 7 nitrogen and oxygen atoms in total. The van der Waals surface area contributed by atoms with Crippen molar-refractivity contribution in [2.24, 2.45) is 5.92 Å². The second-order valence-corrected chi connectivity index (χ2v) is 11.2. The van der Waals surface area contributed by atoms with E-state index < -0.39 is 9.85 Å². The predicted molar refractivity (Wildman–Crippen MR) is 139 cm³/mol. The highest BCUT2D eigenvalue weighted by Gasteiger charge is 2.51. The highest BCUT2D eigenvalue weighted by Crippen LogP contribution is 2.59. The minimum absolute atomic E-state index is 0.0000979. The lowest BCUT2D eigenvalue weighted by molar-refractivity contribution is -0.387. The van der Waals surface area contributed by atoms with Gasteiger partial charge in [0.15, 0.2) is 0 Å². The van der Waals surface area contributed by atoms with Crippen molar-refractivity contribution in [1.82, 2.24) is 0 Å². The number of nitro groups is 2. The zero-order valence-electron chi connectivity index (χ0n) is 17.9. The summed E-state index contributed by atoms with van der Waals surface area (Å²) >= 11 is 21.4. The molecule has 0 bridgehead atoms. The second-order valence-electron chi connectivity index (χ2n) is 8.58. The molecule has 1 aliphatic carbocycles. The normalized spacial score (nSPS) is 24.8. The van der Waals surface area contributed by atoms with Crippen LogP contribution in [0.3, 0.4) is 0 Å². The van der Waals surface area contributed by atoms with E-state index in [0.29, 0.717) is 27.0 Å². The molecule has 35 heavy (non-hydrogen) atoms. The van der Waals surface area contributed by atoms with Gasteiger partial charge in [0.25, 0.3) is 11.4 Å². The van der Waals surface area contributed by atoms with Gasteiger partial charge in [0.1, 0.15) is 0 Å². The van der Waals surface area contributed by atoms with E-state index in [0.717, 1.165) is 11.1 Å². The number of nitrogens with zero attached hydrogens (tertiary/aromatic N) is 2. The Bertz CT molecular complexity index is 1340. The highest BCUT2D eigenvalue weighted by molar-refractivity contribution is 8.00. The Morgan fingerprint density at radius 3 is 2.49 bits per heavy atom. The van der Waals surface area contributed by atoms with Gasteiger partial charge in [0.2, 0.25) is 0 Å². The number of nitro benzene ring substituents is 2. The molecule has 5 atom stereocenters. The molecule has 1 saturated carbocycles. The second kappa shape index (κ2) is 9.50. The number of thioether (sulfide) groups is 1. The Kier molecular flexibility index (Phi) is 6.57. The topological polar surface area (TPSA) is 98.3 Å². The molecule has 180 valence electrons. The van der Waals surface area contributed by atoms with Crippen molar-refractivity contribution in [1.29, 1.82) is 0 Å². The van der Waals surface area contributed by atoms with Crippen molar-refractivity contribution < 1.29 is 9.85 Å². The lowest BCUT2D eigenvalue weighted by Crippen LogP contribution is -2.31. The standard InChI is InChI=1S/C24H18Cl3N3O4S/c25-13-9-15-21-16(11-20(22(21)27)35-19-7-2-1-6-18(19)30(33)34)23(28-24(15)17(26)10-13)12-4-3-5-14(8-12)29(31)32/h1-10,16,20-23,28H,11H2/t16-,20-,21-,22+,23-/m0/s1. The molecule has 0 saturated heterocycles. The van der Waals surface area contributed by atoms with Gasteiger partial charge in [-0.1, -0.05) is 47.5 Å². The van der Waals surface area contributed by atoms with Crippen LogP contribution in [0.5, 0.6) is 0 Å². The first-order valence-electron chi connectivity index (χ1n) is 10.8. The molecule has 5 rings (SSSR count). The van der Waals surface area contributed by atoms with Crippen molar-refractivity contribution in [3.05, 3.63) is 102 Å². The van der Waals surface area contributed by atoms with Crippen LogP contribution in [-0.2, 0) is 0 Å². The van der Waals surface area contributed by atoms with E-state index in [1.54, 1.807) is 36.4 Å². The average molecular weight is 551 g/mol. The molecular weight excluding hydrogens is 533 g/mol. The molecule has 3 aromatic rings. The molecule has 11 heteroatoms. The number of alkyl halides is 1. The van der Waals surface area contributed by atoms with Crippen LogP contribution in [0.1, 0.15) is 29.5 Å². The number of non-ortho nitro benzene ring substituents is 1. The third kappa shape index (κ3) is 4.44. The maximum atomic E-state index is 11.6. The number of fused-ring (bicyclic) bond motifs is 3. The lowest BCUT2D eigenvalue weighted by atomic mass is 9.77. The number of rotatable bonds is 5. The number of halogens is 3. The Morgan fingerprint density at radius 1 is 0.971 bits per heavy atom. The molecular formula is C24H18Cl3N3O4S. The Hall–Kier alpha value is -2.52. The monoisotopic (exact) mass is 549 g/mol. The number of para-hydroxylation sites is 1. The molecule has 1 N–H and O–H groups in total. The summed E-state index contributed by atoms with van der Waals surface area (Å²) in [6.07, 6.45) is 0.638. The number of anilines is 1. The summed E-state index contributed by atoms with van der Waals surface area (Å²) in [6.45, 7) is 0.